The van der Waals surface area contributed by atoms with E-state index in [9.17, 15) is 18.8 Å². The van der Waals surface area contributed by atoms with Gasteiger partial charge < -0.3 is 14.9 Å². The average Bonchev–Trinajstić information content (AvgIpc) is 3.13. The van der Waals surface area contributed by atoms with E-state index >= 15 is 0 Å². The zero-order chi connectivity index (χ0) is 26.3. The van der Waals surface area contributed by atoms with Crippen molar-refractivity contribution in [3.63, 3.8) is 0 Å². The molecule has 0 spiro atoms. The molecule has 1 N–H and O–H groups in total. The van der Waals surface area contributed by atoms with Gasteiger partial charge in [0.25, 0.3) is 11.5 Å². The van der Waals surface area contributed by atoms with Crippen LogP contribution in [0.3, 0.4) is 0 Å². The maximum absolute atomic E-state index is 13.6. The van der Waals surface area contributed by atoms with Crippen LogP contribution in [0.5, 0.6) is 0 Å². The average molecular weight is 540 g/mol. The van der Waals surface area contributed by atoms with Gasteiger partial charge in [-0.1, -0.05) is 30.0 Å². The molecule has 12 heteroatoms. The summed E-state index contributed by atoms with van der Waals surface area (Å²) in [7, 11) is 0. The number of carbonyl (C=O) groups is 2. The van der Waals surface area contributed by atoms with E-state index in [0.717, 1.165) is 27.9 Å². The molecule has 4 heterocycles. The van der Waals surface area contributed by atoms with Gasteiger partial charge in [0.2, 0.25) is 0 Å². The van der Waals surface area contributed by atoms with Crippen molar-refractivity contribution in [3.8, 4) is 0 Å². The summed E-state index contributed by atoms with van der Waals surface area (Å²) in [5, 5.41) is 9.13. The van der Waals surface area contributed by atoms with Crippen LogP contribution >= 0.6 is 24.0 Å². The Kier molecular flexibility index (Phi) is 6.69. The highest BCUT2D eigenvalue weighted by molar-refractivity contribution is 8.26. The summed E-state index contributed by atoms with van der Waals surface area (Å²) < 4.78 is 14.9. The monoisotopic (exact) mass is 539 g/mol. The van der Waals surface area contributed by atoms with Crippen molar-refractivity contribution >= 4 is 63.4 Å². The molecule has 0 saturated carbocycles. The molecule has 0 atom stereocenters. The Morgan fingerprint density at radius 3 is 2.46 bits per heavy atom. The normalized spacial score (nSPS) is 17.4. The van der Waals surface area contributed by atoms with Gasteiger partial charge in [0.05, 0.1) is 10.5 Å². The smallest absolute Gasteiger partial charge is 0.323 e. The number of carbonyl (C=O) groups excluding carboxylic acids is 1. The van der Waals surface area contributed by atoms with Crippen molar-refractivity contribution in [3.05, 3.63) is 74.8 Å². The Balaban J connectivity index is 1.52. The molecule has 5 rings (SSSR count). The molecule has 2 aliphatic rings. The van der Waals surface area contributed by atoms with Crippen molar-refractivity contribution < 1.29 is 19.1 Å². The van der Waals surface area contributed by atoms with Gasteiger partial charge in [0, 0.05) is 38.1 Å². The van der Waals surface area contributed by atoms with Crippen molar-refractivity contribution in [2.45, 2.75) is 6.92 Å². The Labute approximate surface area is 220 Å². The van der Waals surface area contributed by atoms with Crippen LogP contribution in [0.4, 0.5) is 15.9 Å². The van der Waals surface area contributed by atoms with E-state index in [1.165, 1.54) is 22.6 Å². The molecule has 2 saturated heterocycles. The third-order valence-corrected chi connectivity index (χ3v) is 7.58. The van der Waals surface area contributed by atoms with Crippen LogP contribution in [0.2, 0.25) is 0 Å². The fraction of sp³-hybridized carbons (Fsp3) is 0.240. The molecule has 190 valence electrons. The standard InChI is InChI=1S/C25H22FN5O4S2/c1-15-2-7-20-27-22(29-10-8-28(9-11-29)17-5-3-16(26)4-6-17)18(23(34)30(20)13-15)12-19-24(35)31(14-21(32)33)25(36)37-19/h2-7,12-13H,8-11,14H2,1H3,(H,32,33)/b19-12-. The third-order valence-electron chi connectivity index (χ3n) is 6.20. The fourth-order valence-corrected chi connectivity index (χ4v) is 5.58. The number of hydrogen-bond donors (Lipinski definition) is 1. The van der Waals surface area contributed by atoms with Crippen LogP contribution in [0.25, 0.3) is 11.7 Å². The topological polar surface area (TPSA) is 98.5 Å². The molecule has 2 aromatic heterocycles. The maximum Gasteiger partial charge on any atom is 0.323 e. The molecular weight excluding hydrogens is 517 g/mol. The predicted molar refractivity (Wildman–Crippen MR) is 145 cm³/mol. The minimum Gasteiger partial charge on any atom is -0.480 e. The molecule has 1 aromatic carbocycles. The number of aliphatic carboxylic acids is 1. The molecule has 1 amide bonds. The molecule has 2 fully saturated rings. The Morgan fingerprint density at radius 1 is 1.11 bits per heavy atom. The molecule has 0 bridgehead atoms. The quantitative estimate of drug-likeness (QED) is 0.388. The number of carboxylic acid groups (broad SMARTS) is 1. The van der Waals surface area contributed by atoms with E-state index in [1.54, 1.807) is 24.4 Å². The van der Waals surface area contributed by atoms with Gasteiger partial charge in [0.15, 0.2) is 0 Å². The summed E-state index contributed by atoms with van der Waals surface area (Å²) in [5.74, 6) is -1.59. The van der Waals surface area contributed by atoms with Crippen LogP contribution in [-0.4, -0.2) is 68.3 Å². The lowest BCUT2D eigenvalue weighted by atomic mass is 10.2. The number of thioether (sulfide) groups is 1. The highest BCUT2D eigenvalue weighted by Crippen LogP contribution is 2.33. The largest absolute Gasteiger partial charge is 0.480 e. The Morgan fingerprint density at radius 2 is 1.78 bits per heavy atom. The third kappa shape index (κ3) is 4.94. The highest BCUT2D eigenvalue weighted by atomic mass is 32.2. The van der Waals surface area contributed by atoms with E-state index < -0.39 is 18.4 Å². The number of benzene rings is 1. The molecule has 0 unspecified atom stereocenters. The summed E-state index contributed by atoms with van der Waals surface area (Å²) in [5.41, 5.74) is 2.14. The zero-order valence-electron chi connectivity index (χ0n) is 19.8. The van der Waals surface area contributed by atoms with E-state index in [1.807, 2.05) is 17.9 Å². The minimum absolute atomic E-state index is 0.123. The number of carboxylic acids is 1. The second kappa shape index (κ2) is 9.94. The number of piperazine rings is 1. The van der Waals surface area contributed by atoms with Crippen LogP contribution < -0.4 is 15.4 Å². The number of amides is 1. The number of fused-ring (bicyclic) bond motifs is 1. The van der Waals surface area contributed by atoms with Gasteiger partial charge >= 0.3 is 5.97 Å². The lowest BCUT2D eigenvalue weighted by molar-refractivity contribution is -0.140. The predicted octanol–water partition coefficient (Wildman–Crippen LogP) is 2.75. The lowest BCUT2D eigenvalue weighted by Crippen LogP contribution is -2.47. The Hall–Kier alpha value is -3.77. The number of hydrogen-bond acceptors (Lipinski definition) is 8. The lowest BCUT2D eigenvalue weighted by Gasteiger charge is -2.37. The fourth-order valence-electron chi connectivity index (χ4n) is 4.35. The summed E-state index contributed by atoms with van der Waals surface area (Å²) in [4.78, 5) is 47.8. The van der Waals surface area contributed by atoms with Gasteiger partial charge in [0.1, 0.15) is 28.1 Å². The molecule has 9 nitrogen and oxygen atoms in total. The first-order chi connectivity index (χ1) is 17.7. The number of rotatable bonds is 5. The van der Waals surface area contributed by atoms with Crippen molar-refractivity contribution in [2.75, 3.05) is 42.5 Å². The Bertz CT molecular complexity index is 1510. The van der Waals surface area contributed by atoms with Gasteiger partial charge in [-0.3, -0.25) is 23.7 Å². The number of nitrogens with zero attached hydrogens (tertiary/aromatic N) is 5. The number of anilines is 2. The first kappa shape index (κ1) is 24.9. The van der Waals surface area contributed by atoms with Crippen LogP contribution in [0.15, 0.2) is 52.3 Å². The molecule has 0 radical (unpaired) electrons. The van der Waals surface area contributed by atoms with E-state index in [-0.39, 0.29) is 26.2 Å². The summed E-state index contributed by atoms with van der Waals surface area (Å²) in [6.07, 6.45) is 3.15. The SMILES string of the molecule is Cc1ccc2nc(N3CCN(c4ccc(F)cc4)CC3)c(/C=C3\SC(=S)N(CC(=O)O)C3=O)c(=O)n2c1. The number of aromatic nitrogens is 2. The molecular formula is C25H22FN5O4S2. The number of pyridine rings is 1. The first-order valence-electron chi connectivity index (χ1n) is 11.5. The van der Waals surface area contributed by atoms with Crippen molar-refractivity contribution in [1.29, 1.82) is 0 Å². The second-order valence-electron chi connectivity index (χ2n) is 8.70. The number of halogens is 1. The summed E-state index contributed by atoms with van der Waals surface area (Å²) in [6.45, 7) is 3.67. The van der Waals surface area contributed by atoms with E-state index in [4.69, 9.17) is 22.3 Å². The number of thiocarbonyl (C=S) groups is 1. The van der Waals surface area contributed by atoms with Crippen LogP contribution in [-0.2, 0) is 9.59 Å². The summed E-state index contributed by atoms with van der Waals surface area (Å²) >= 11 is 6.17. The van der Waals surface area contributed by atoms with Gasteiger partial charge in [-0.15, -0.1) is 0 Å². The highest BCUT2D eigenvalue weighted by Gasteiger charge is 2.34. The maximum atomic E-state index is 13.6. The zero-order valence-corrected chi connectivity index (χ0v) is 21.4. The molecule has 2 aliphatic heterocycles. The molecule has 37 heavy (non-hydrogen) atoms. The molecule has 0 aliphatic carbocycles. The van der Waals surface area contributed by atoms with E-state index in [0.29, 0.717) is 37.6 Å². The molecule has 3 aromatic rings. The summed E-state index contributed by atoms with van der Waals surface area (Å²) in [6, 6.07) is 9.96. The van der Waals surface area contributed by atoms with Crippen molar-refractivity contribution in [1.82, 2.24) is 14.3 Å². The van der Waals surface area contributed by atoms with Gasteiger partial charge in [-0.2, -0.15) is 0 Å². The van der Waals surface area contributed by atoms with Gasteiger partial charge in [-0.05, 0) is 48.9 Å². The van der Waals surface area contributed by atoms with Gasteiger partial charge in [-0.25, -0.2) is 9.37 Å². The van der Waals surface area contributed by atoms with E-state index in [2.05, 4.69) is 4.90 Å². The van der Waals surface area contributed by atoms with Crippen LogP contribution in [0.1, 0.15) is 11.1 Å². The van der Waals surface area contributed by atoms with Crippen molar-refractivity contribution in [2.24, 2.45) is 0 Å². The first-order valence-corrected chi connectivity index (χ1v) is 12.7. The number of aryl methyl sites for hydroxylation is 1. The second-order valence-corrected chi connectivity index (χ2v) is 10.4. The minimum atomic E-state index is -1.18. The van der Waals surface area contributed by atoms with Crippen LogP contribution in [0, 0.1) is 12.7 Å².